The second-order valence-electron chi connectivity index (χ2n) is 3.89. The second-order valence-corrected chi connectivity index (χ2v) is 5.65. The van der Waals surface area contributed by atoms with Crippen LogP contribution in [0.3, 0.4) is 0 Å². The Kier molecular flexibility index (Phi) is 4.02. The molecule has 8 nitrogen and oxygen atoms in total. The molecule has 2 heterocycles. The molecule has 0 aromatic carbocycles. The fourth-order valence-corrected chi connectivity index (χ4v) is 2.38. The van der Waals surface area contributed by atoms with Crippen LogP contribution in [0.25, 0.3) is 0 Å². The van der Waals surface area contributed by atoms with Crippen molar-refractivity contribution in [3.63, 3.8) is 0 Å². The molecular weight excluding hydrogens is 298 g/mol. The fraction of sp³-hybridized carbons (Fsp3) is 0.0833. The van der Waals surface area contributed by atoms with E-state index in [0.717, 1.165) is 6.20 Å². The highest BCUT2D eigenvalue weighted by molar-refractivity contribution is 7.89. The van der Waals surface area contributed by atoms with E-state index in [2.05, 4.69) is 9.71 Å². The molecule has 0 saturated carbocycles. The van der Waals surface area contributed by atoms with Crippen molar-refractivity contribution in [1.82, 2.24) is 9.71 Å². The van der Waals surface area contributed by atoms with Crippen molar-refractivity contribution >= 4 is 16.0 Å². The van der Waals surface area contributed by atoms with Crippen LogP contribution in [-0.4, -0.2) is 24.5 Å². The molecule has 0 saturated heterocycles. The number of aromatic nitrogens is 1. The number of furan rings is 1. The zero-order chi connectivity index (χ0) is 15.5. The average molecular weight is 307 g/mol. The standard InChI is InChI=1S/C12H9N3O5S/c13-5-8-1-3-10(7-14-8)21(18,19)15-6-9-2-4-11(20-9)12(16)17/h1-4,7,15H,6H2,(H,16,17). The molecule has 2 aromatic rings. The topological polar surface area (TPSA) is 133 Å². The number of rotatable bonds is 5. The van der Waals surface area contributed by atoms with E-state index in [1.807, 2.05) is 0 Å². The molecule has 21 heavy (non-hydrogen) atoms. The number of nitrogens with zero attached hydrogens (tertiary/aromatic N) is 2. The van der Waals surface area contributed by atoms with Crippen LogP contribution in [0.2, 0.25) is 0 Å². The lowest BCUT2D eigenvalue weighted by Crippen LogP contribution is -2.23. The SMILES string of the molecule is N#Cc1ccc(S(=O)(=O)NCc2ccc(C(=O)O)o2)cn1. The summed E-state index contributed by atoms with van der Waals surface area (Å²) in [7, 11) is -3.82. The Labute approximate surface area is 119 Å². The van der Waals surface area contributed by atoms with Gasteiger partial charge in [0.1, 0.15) is 22.4 Å². The van der Waals surface area contributed by atoms with E-state index in [1.165, 1.54) is 24.3 Å². The average Bonchev–Trinajstić information content (AvgIpc) is 2.94. The van der Waals surface area contributed by atoms with Crippen molar-refractivity contribution in [3.05, 3.63) is 47.7 Å². The molecule has 108 valence electrons. The van der Waals surface area contributed by atoms with Gasteiger partial charge in [-0.1, -0.05) is 0 Å². The number of carboxylic acid groups (broad SMARTS) is 1. The van der Waals surface area contributed by atoms with Gasteiger partial charge in [-0.15, -0.1) is 0 Å². The molecule has 0 aliphatic heterocycles. The van der Waals surface area contributed by atoms with Crippen molar-refractivity contribution < 1.29 is 22.7 Å². The Morgan fingerprint density at radius 3 is 2.67 bits per heavy atom. The molecule has 0 aliphatic rings. The van der Waals surface area contributed by atoms with Crippen molar-refractivity contribution in [2.24, 2.45) is 0 Å². The summed E-state index contributed by atoms with van der Waals surface area (Å²) in [5.74, 6) is -1.35. The van der Waals surface area contributed by atoms with E-state index in [0.29, 0.717) is 0 Å². The molecule has 2 aromatic heterocycles. The second kappa shape index (κ2) is 5.74. The number of carboxylic acids is 1. The molecule has 0 bridgehead atoms. The van der Waals surface area contributed by atoms with Crippen LogP contribution >= 0.6 is 0 Å². The summed E-state index contributed by atoms with van der Waals surface area (Å²) in [6, 6.07) is 6.91. The van der Waals surface area contributed by atoms with Crippen LogP contribution in [0.4, 0.5) is 0 Å². The third kappa shape index (κ3) is 3.44. The normalized spacial score (nSPS) is 11.0. The first-order valence-corrected chi connectivity index (χ1v) is 7.08. The van der Waals surface area contributed by atoms with Gasteiger partial charge in [-0.3, -0.25) is 0 Å². The van der Waals surface area contributed by atoms with Gasteiger partial charge in [0, 0.05) is 6.20 Å². The molecule has 0 aliphatic carbocycles. The number of carbonyl (C=O) groups is 1. The lowest BCUT2D eigenvalue weighted by Gasteiger charge is -2.04. The van der Waals surface area contributed by atoms with Crippen LogP contribution in [0.5, 0.6) is 0 Å². The molecule has 0 radical (unpaired) electrons. The number of aromatic carboxylic acids is 1. The van der Waals surface area contributed by atoms with Crippen LogP contribution in [0, 0.1) is 11.3 Å². The van der Waals surface area contributed by atoms with Gasteiger partial charge in [0.2, 0.25) is 15.8 Å². The van der Waals surface area contributed by atoms with E-state index < -0.39 is 16.0 Å². The zero-order valence-electron chi connectivity index (χ0n) is 10.5. The maximum Gasteiger partial charge on any atom is 0.371 e. The number of nitrogens with one attached hydrogen (secondary N) is 1. The lowest BCUT2D eigenvalue weighted by molar-refractivity contribution is 0.0660. The summed E-state index contributed by atoms with van der Waals surface area (Å²) in [6.07, 6.45) is 1.06. The molecule has 9 heteroatoms. The number of pyridine rings is 1. The molecule has 2 rings (SSSR count). The van der Waals surface area contributed by atoms with Gasteiger partial charge in [-0.05, 0) is 24.3 Å². The maximum absolute atomic E-state index is 12.0. The molecule has 0 unspecified atom stereocenters. The molecule has 2 N–H and O–H groups in total. The summed E-state index contributed by atoms with van der Waals surface area (Å²) in [4.78, 5) is 14.2. The van der Waals surface area contributed by atoms with Crippen LogP contribution in [0.1, 0.15) is 22.0 Å². The minimum atomic E-state index is -3.82. The third-order valence-corrected chi connectivity index (χ3v) is 3.86. The van der Waals surface area contributed by atoms with Crippen molar-refractivity contribution in [3.8, 4) is 6.07 Å². The number of sulfonamides is 1. The summed E-state index contributed by atoms with van der Waals surface area (Å²) in [6.45, 7) is -0.199. The van der Waals surface area contributed by atoms with Gasteiger partial charge in [-0.2, -0.15) is 5.26 Å². The summed E-state index contributed by atoms with van der Waals surface area (Å²) in [5, 5.41) is 17.3. The smallest absolute Gasteiger partial charge is 0.371 e. The summed E-state index contributed by atoms with van der Waals surface area (Å²) in [5.41, 5.74) is 0.103. The predicted molar refractivity (Wildman–Crippen MR) is 68.6 cm³/mol. The van der Waals surface area contributed by atoms with Crippen molar-refractivity contribution in [2.45, 2.75) is 11.4 Å². The predicted octanol–water partition coefficient (Wildman–Crippen LogP) is 0.723. The first kappa shape index (κ1) is 14.7. The van der Waals surface area contributed by atoms with E-state index >= 15 is 0 Å². The van der Waals surface area contributed by atoms with E-state index in [4.69, 9.17) is 14.8 Å². The maximum atomic E-state index is 12.0. The molecule has 0 fully saturated rings. The highest BCUT2D eigenvalue weighted by Crippen LogP contribution is 2.11. The van der Waals surface area contributed by atoms with Gasteiger partial charge < -0.3 is 9.52 Å². The zero-order valence-corrected chi connectivity index (χ0v) is 11.3. The minimum absolute atomic E-state index is 0.103. The van der Waals surface area contributed by atoms with Crippen LogP contribution in [0.15, 0.2) is 39.8 Å². The Bertz CT molecular complexity index is 802. The molecule has 0 spiro atoms. The largest absolute Gasteiger partial charge is 0.475 e. The number of nitriles is 1. The minimum Gasteiger partial charge on any atom is -0.475 e. The van der Waals surface area contributed by atoms with Crippen molar-refractivity contribution in [2.75, 3.05) is 0 Å². The molecule has 0 atom stereocenters. The Hall–Kier alpha value is -2.70. The highest BCUT2D eigenvalue weighted by atomic mass is 32.2. The molecule has 0 amide bonds. The first-order chi connectivity index (χ1) is 9.92. The number of hydrogen-bond donors (Lipinski definition) is 2. The van der Waals surface area contributed by atoms with E-state index in [-0.39, 0.29) is 28.7 Å². The highest BCUT2D eigenvalue weighted by Gasteiger charge is 2.16. The van der Waals surface area contributed by atoms with E-state index in [1.54, 1.807) is 6.07 Å². The van der Waals surface area contributed by atoms with Crippen LogP contribution in [-0.2, 0) is 16.6 Å². The third-order valence-electron chi connectivity index (χ3n) is 2.47. The Morgan fingerprint density at radius 2 is 2.14 bits per heavy atom. The van der Waals surface area contributed by atoms with Gasteiger partial charge in [-0.25, -0.2) is 22.9 Å². The van der Waals surface area contributed by atoms with E-state index in [9.17, 15) is 13.2 Å². The number of hydrogen-bond acceptors (Lipinski definition) is 6. The van der Waals surface area contributed by atoms with Gasteiger partial charge in [0.05, 0.1) is 6.54 Å². The summed E-state index contributed by atoms with van der Waals surface area (Å²) < 4.78 is 31.1. The monoisotopic (exact) mass is 307 g/mol. The fourth-order valence-electron chi connectivity index (χ4n) is 1.44. The van der Waals surface area contributed by atoms with Gasteiger partial charge in [0.25, 0.3) is 0 Å². The lowest BCUT2D eigenvalue weighted by atomic mass is 10.4. The van der Waals surface area contributed by atoms with Gasteiger partial charge >= 0.3 is 5.97 Å². The van der Waals surface area contributed by atoms with Crippen LogP contribution < -0.4 is 4.72 Å². The molecular formula is C12H9N3O5S. The first-order valence-electron chi connectivity index (χ1n) is 5.60. The summed E-state index contributed by atoms with van der Waals surface area (Å²) >= 11 is 0. The Morgan fingerprint density at radius 1 is 1.38 bits per heavy atom. The van der Waals surface area contributed by atoms with Crippen molar-refractivity contribution in [1.29, 1.82) is 5.26 Å². The quantitative estimate of drug-likeness (QED) is 0.831. The Balaban J connectivity index is 2.09. The van der Waals surface area contributed by atoms with Gasteiger partial charge in [0.15, 0.2) is 0 Å².